The van der Waals surface area contributed by atoms with Gasteiger partial charge in [-0.15, -0.1) is 11.3 Å². The molecule has 7 heteroatoms. The molecule has 1 atom stereocenters. The van der Waals surface area contributed by atoms with Crippen molar-refractivity contribution in [3.05, 3.63) is 81.5 Å². The molecule has 4 aromatic rings. The molecule has 0 spiro atoms. The lowest BCUT2D eigenvalue weighted by molar-refractivity contribution is -0.113. The number of aryl methyl sites for hydroxylation is 1. The fourth-order valence-corrected chi connectivity index (χ4v) is 6.36. The highest BCUT2D eigenvalue weighted by molar-refractivity contribution is 7.99. The average Bonchev–Trinajstić information content (AvgIpc) is 3.16. The highest BCUT2D eigenvalue weighted by atomic mass is 32.2. The molecule has 0 bridgehead atoms. The van der Waals surface area contributed by atoms with Crippen LogP contribution in [-0.4, -0.2) is 21.2 Å². The quantitative estimate of drug-likeness (QED) is 0.323. The van der Waals surface area contributed by atoms with Gasteiger partial charge >= 0.3 is 0 Å². The second kappa shape index (κ2) is 8.92. The Labute approximate surface area is 194 Å². The molecule has 0 saturated heterocycles. The van der Waals surface area contributed by atoms with Crippen LogP contribution in [0.4, 0.5) is 5.69 Å². The molecule has 5 nitrogen and oxygen atoms in total. The maximum Gasteiger partial charge on any atom is 0.267 e. The molecule has 5 rings (SSSR count). The largest absolute Gasteiger partial charge is 0.325 e. The van der Waals surface area contributed by atoms with Crippen molar-refractivity contribution in [1.29, 1.82) is 0 Å². The van der Waals surface area contributed by atoms with Crippen molar-refractivity contribution in [3.63, 3.8) is 0 Å². The van der Waals surface area contributed by atoms with Crippen LogP contribution in [0.2, 0.25) is 0 Å². The summed E-state index contributed by atoms with van der Waals surface area (Å²) in [6.45, 7) is 2.26. The molecule has 0 saturated carbocycles. The van der Waals surface area contributed by atoms with Gasteiger partial charge in [0.25, 0.3) is 5.56 Å². The zero-order chi connectivity index (χ0) is 22.1. The van der Waals surface area contributed by atoms with Gasteiger partial charge in [-0.3, -0.25) is 14.2 Å². The first kappa shape index (κ1) is 21.0. The minimum Gasteiger partial charge on any atom is -0.325 e. The van der Waals surface area contributed by atoms with E-state index in [1.54, 1.807) is 15.9 Å². The summed E-state index contributed by atoms with van der Waals surface area (Å²) in [7, 11) is 0. The summed E-state index contributed by atoms with van der Waals surface area (Å²) in [4.78, 5) is 33.2. The maximum absolute atomic E-state index is 13.7. The molecule has 2 aromatic carbocycles. The molecule has 0 aliphatic heterocycles. The molecule has 1 N–H and O–H groups in total. The van der Waals surface area contributed by atoms with Crippen molar-refractivity contribution >= 4 is 44.9 Å². The number of hydrogen-bond acceptors (Lipinski definition) is 5. The Kier molecular flexibility index (Phi) is 5.85. The third-order valence-electron chi connectivity index (χ3n) is 5.70. The van der Waals surface area contributed by atoms with Gasteiger partial charge < -0.3 is 5.32 Å². The molecule has 2 heterocycles. The van der Waals surface area contributed by atoms with Gasteiger partial charge in [0.15, 0.2) is 5.16 Å². The number of rotatable bonds is 5. The Hall–Kier alpha value is -2.90. The van der Waals surface area contributed by atoms with Crippen LogP contribution < -0.4 is 10.9 Å². The number of nitrogens with zero attached hydrogens (tertiary/aromatic N) is 2. The summed E-state index contributed by atoms with van der Waals surface area (Å²) in [5, 5.41) is 4.19. The second-order valence-corrected chi connectivity index (χ2v) is 10.1. The number of benzene rings is 2. The Morgan fingerprint density at radius 2 is 1.88 bits per heavy atom. The Morgan fingerprint density at radius 3 is 2.62 bits per heavy atom. The number of nitrogens with one attached hydrogen (secondary N) is 1. The van der Waals surface area contributed by atoms with Crippen molar-refractivity contribution in [3.8, 4) is 5.69 Å². The van der Waals surface area contributed by atoms with Gasteiger partial charge in [0, 0.05) is 10.6 Å². The van der Waals surface area contributed by atoms with Crippen molar-refractivity contribution in [2.75, 3.05) is 11.1 Å². The zero-order valence-electron chi connectivity index (χ0n) is 17.7. The number of amides is 1. The van der Waals surface area contributed by atoms with Crippen LogP contribution in [0.3, 0.4) is 0 Å². The molecular weight excluding hydrogens is 438 g/mol. The first-order valence-electron chi connectivity index (χ1n) is 10.7. The topological polar surface area (TPSA) is 64.0 Å². The number of thioether (sulfide) groups is 1. The molecule has 1 aliphatic rings. The third kappa shape index (κ3) is 4.10. The standard InChI is InChI=1S/C25H23N3O2S2/c1-16-12-13-19-20(14-16)32-23-22(19)24(30)28(18-10-6-3-7-11-18)25(27-23)31-15-21(29)26-17-8-4-2-5-9-17/h2-11,16H,12-15H2,1H3,(H,26,29)/t16-/m0/s1. The van der Waals surface area contributed by atoms with Gasteiger partial charge in [-0.1, -0.05) is 55.1 Å². The normalized spacial score (nSPS) is 15.5. The third-order valence-corrected chi connectivity index (χ3v) is 7.79. The fourth-order valence-electron chi connectivity index (χ4n) is 4.12. The Morgan fingerprint density at radius 1 is 1.16 bits per heavy atom. The lowest BCUT2D eigenvalue weighted by Gasteiger charge is -2.17. The summed E-state index contributed by atoms with van der Waals surface area (Å²) >= 11 is 2.93. The summed E-state index contributed by atoms with van der Waals surface area (Å²) in [5.41, 5.74) is 2.65. The number of para-hydroxylation sites is 2. The minimum absolute atomic E-state index is 0.0424. The van der Waals surface area contributed by atoms with Crippen LogP contribution >= 0.6 is 23.1 Å². The van der Waals surface area contributed by atoms with Gasteiger partial charge in [-0.05, 0) is 55.0 Å². The van der Waals surface area contributed by atoms with E-state index in [1.807, 2.05) is 60.7 Å². The predicted octanol–water partition coefficient (Wildman–Crippen LogP) is 5.30. The van der Waals surface area contributed by atoms with Crippen molar-refractivity contribution in [1.82, 2.24) is 9.55 Å². The summed E-state index contributed by atoms with van der Waals surface area (Å²) in [6.07, 6.45) is 3.02. The summed E-state index contributed by atoms with van der Waals surface area (Å²) in [6, 6.07) is 18.9. The van der Waals surface area contributed by atoms with E-state index in [4.69, 9.17) is 4.98 Å². The first-order valence-corrected chi connectivity index (χ1v) is 12.5. The molecule has 0 unspecified atom stereocenters. The maximum atomic E-state index is 13.7. The number of aromatic nitrogens is 2. The average molecular weight is 462 g/mol. The van der Waals surface area contributed by atoms with E-state index in [9.17, 15) is 9.59 Å². The fraction of sp³-hybridized carbons (Fsp3) is 0.240. The van der Waals surface area contributed by atoms with Crippen molar-refractivity contribution in [2.45, 2.75) is 31.3 Å². The van der Waals surface area contributed by atoms with Gasteiger partial charge in [-0.2, -0.15) is 0 Å². The zero-order valence-corrected chi connectivity index (χ0v) is 19.3. The van der Waals surface area contributed by atoms with Crippen LogP contribution in [0, 0.1) is 5.92 Å². The number of carbonyl (C=O) groups excluding carboxylic acids is 1. The molecule has 1 aliphatic carbocycles. The van der Waals surface area contributed by atoms with E-state index in [2.05, 4.69) is 12.2 Å². The van der Waals surface area contributed by atoms with E-state index in [-0.39, 0.29) is 17.2 Å². The van der Waals surface area contributed by atoms with Crippen LogP contribution in [0.15, 0.2) is 70.6 Å². The molecule has 32 heavy (non-hydrogen) atoms. The minimum atomic E-state index is -0.130. The lowest BCUT2D eigenvalue weighted by atomic mass is 9.89. The highest BCUT2D eigenvalue weighted by Crippen LogP contribution is 2.37. The second-order valence-electron chi connectivity index (χ2n) is 8.11. The molecule has 0 radical (unpaired) electrons. The molecular formula is C25H23N3O2S2. The molecule has 2 aromatic heterocycles. The van der Waals surface area contributed by atoms with Crippen LogP contribution in [0.1, 0.15) is 23.8 Å². The summed E-state index contributed by atoms with van der Waals surface area (Å²) < 4.78 is 1.66. The molecule has 162 valence electrons. The SMILES string of the molecule is C[C@H]1CCc2c(sc3nc(SCC(=O)Nc4ccccc4)n(-c4ccccc4)c(=O)c23)C1. The highest BCUT2D eigenvalue weighted by Gasteiger charge is 2.25. The van der Waals surface area contributed by atoms with Crippen LogP contribution in [-0.2, 0) is 17.6 Å². The Bertz CT molecular complexity index is 1330. The predicted molar refractivity (Wildman–Crippen MR) is 132 cm³/mol. The smallest absolute Gasteiger partial charge is 0.267 e. The van der Waals surface area contributed by atoms with Gasteiger partial charge in [-0.25, -0.2) is 4.98 Å². The number of hydrogen-bond donors (Lipinski definition) is 1. The van der Waals surface area contributed by atoms with E-state index in [0.29, 0.717) is 11.1 Å². The molecule has 1 amide bonds. The first-order chi connectivity index (χ1) is 15.6. The van der Waals surface area contributed by atoms with Gasteiger partial charge in [0.05, 0.1) is 16.8 Å². The van der Waals surface area contributed by atoms with Crippen LogP contribution in [0.5, 0.6) is 0 Å². The van der Waals surface area contributed by atoms with E-state index in [0.717, 1.165) is 40.9 Å². The molecule has 0 fully saturated rings. The van der Waals surface area contributed by atoms with Crippen molar-refractivity contribution in [2.24, 2.45) is 5.92 Å². The number of anilines is 1. The number of fused-ring (bicyclic) bond motifs is 3. The lowest BCUT2D eigenvalue weighted by Crippen LogP contribution is -2.23. The summed E-state index contributed by atoms with van der Waals surface area (Å²) in [5.74, 6) is 0.666. The van der Waals surface area contributed by atoms with Gasteiger partial charge in [0.1, 0.15) is 4.83 Å². The van der Waals surface area contributed by atoms with Gasteiger partial charge in [0.2, 0.25) is 5.91 Å². The number of thiophene rings is 1. The monoisotopic (exact) mass is 461 g/mol. The van der Waals surface area contributed by atoms with Crippen molar-refractivity contribution < 1.29 is 4.79 Å². The number of carbonyl (C=O) groups is 1. The Balaban J connectivity index is 1.53. The van der Waals surface area contributed by atoms with E-state index < -0.39 is 0 Å². The van der Waals surface area contributed by atoms with E-state index in [1.165, 1.54) is 22.2 Å². The van der Waals surface area contributed by atoms with E-state index >= 15 is 0 Å². The van der Waals surface area contributed by atoms with Crippen LogP contribution in [0.25, 0.3) is 15.9 Å².